The third-order valence-corrected chi connectivity index (χ3v) is 13.3. The molecule has 0 N–H and O–H groups in total. The number of rotatable bonds is 6. The molecule has 0 radical (unpaired) electrons. The van der Waals surface area contributed by atoms with Gasteiger partial charge in [-0.1, -0.05) is 39.8 Å². The topological polar surface area (TPSA) is 44.8 Å². The van der Waals surface area contributed by atoms with Gasteiger partial charge in [-0.15, -0.1) is 6.58 Å². The summed E-state index contributed by atoms with van der Waals surface area (Å²) in [6.07, 6.45) is 9.31. The van der Waals surface area contributed by atoms with Crippen LogP contribution in [0.25, 0.3) is 0 Å². The van der Waals surface area contributed by atoms with Gasteiger partial charge in [-0.2, -0.15) is 0 Å². The first-order valence-corrected chi connectivity index (χ1v) is 13.9. The highest BCUT2D eigenvalue weighted by atomic mass is 28.4. The van der Waals surface area contributed by atoms with E-state index in [9.17, 15) is 4.79 Å². The molecule has 0 aromatic heterocycles. The van der Waals surface area contributed by atoms with Gasteiger partial charge >= 0.3 is 0 Å². The average molecular weight is 421 g/mol. The highest BCUT2D eigenvalue weighted by Gasteiger charge is 2.73. The molecule has 4 aliphatic rings. The van der Waals surface area contributed by atoms with E-state index in [-0.39, 0.29) is 28.3 Å². The molecule has 0 saturated heterocycles. The zero-order valence-electron chi connectivity index (χ0n) is 19.6. The van der Waals surface area contributed by atoms with E-state index in [1.807, 2.05) is 6.08 Å². The van der Waals surface area contributed by atoms with Crippen molar-refractivity contribution < 1.29 is 18.7 Å². The second kappa shape index (κ2) is 7.15. The molecule has 5 atom stereocenters. The summed E-state index contributed by atoms with van der Waals surface area (Å²) >= 11 is 0. The molecular weight excluding hydrogens is 380 g/mol. The lowest BCUT2D eigenvalue weighted by Crippen LogP contribution is -2.74. The lowest BCUT2D eigenvalue weighted by molar-refractivity contribution is -0.366. The fourth-order valence-corrected chi connectivity index (χ4v) is 7.47. The Morgan fingerprint density at radius 2 is 1.90 bits per heavy atom. The van der Waals surface area contributed by atoms with Crippen molar-refractivity contribution in [3.8, 4) is 0 Å². The summed E-state index contributed by atoms with van der Waals surface area (Å²) < 4.78 is 19.6. The summed E-state index contributed by atoms with van der Waals surface area (Å²) in [4.78, 5) is 13.0. The molecule has 4 rings (SSSR count). The highest BCUT2D eigenvalue weighted by Crippen LogP contribution is 2.68. The third kappa shape index (κ3) is 2.99. The van der Waals surface area contributed by atoms with Gasteiger partial charge in [0.2, 0.25) is 5.79 Å². The van der Waals surface area contributed by atoms with E-state index in [1.54, 1.807) is 20.3 Å². The summed E-state index contributed by atoms with van der Waals surface area (Å²) in [7, 11) is 1.44. The Balaban J connectivity index is 2.14. The van der Waals surface area contributed by atoms with Crippen molar-refractivity contribution in [1.82, 2.24) is 0 Å². The van der Waals surface area contributed by atoms with Crippen molar-refractivity contribution in [2.75, 3.05) is 14.2 Å². The van der Waals surface area contributed by atoms with Crippen molar-refractivity contribution in [3.05, 3.63) is 24.8 Å². The van der Waals surface area contributed by atoms with E-state index in [0.29, 0.717) is 12.3 Å². The van der Waals surface area contributed by atoms with Crippen LogP contribution in [0.4, 0.5) is 0 Å². The minimum atomic E-state index is -2.04. The van der Waals surface area contributed by atoms with Crippen molar-refractivity contribution in [2.24, 2.45) is 22.7 Å². The lowest BCUT2D eigenvalue weighted by Gasteiger charge is -2.68. The van der Waals surface area contributed by atoms with Gasteiger partial charge in [0, 0.05) is 25.0 Å². The maximum absolute atomic E-state index is 13.0. The van der Waals surface area contributed by atoms with Crippen LogP contribution in [0.2, 0.25) is 18.1 Å². The summed E-state index contributed by atoms with van der Waals surface area (Å²) in [6.45, 7) is 17.4. The van der Waals surface area contributed by atoms with Gasteiger partial charge in [0.1, 0.15) is 6.10 Å². The predicted molar refractivity (Wildman–Crippen MR) is 119 cm³/mol. The normalized spacial score (nSPS) is 38.8. The molecule has 4 nitrogen and oxygen atoms in total. The van der Waals surface area contributed by atoms with Gasteiger partial charge in [-0.3, -0.25) is 4.79 Å². The Morgan fingerprint density at radius 1 is 1.28 bits per heavy atom. The molecular formula is C24H40O4Si. The molecule has 1 spiro atoms. The standard InChI is InChI=1S/C24H40O4Si/c1-10-13-22(5)18-16-17-11-14-23(18,15-12-19(22)25)24(26-6,27-7)20(17)28-29(8,9)21(2,3)4/h10,12,15,17-18,20H,1,11,13-14,16H2,2-9H3/t17-,18?,20+,22-,23-/m0/s1. The van der Waals surface area contributed by atoms with Crippen LogP contribution in [-0.4, -0.2) is 40.2 Å². The minimum Gasteiger partial charge on any atom is -0.408 e. The predicted octanol–water partition coefficient (Wildman–Crippen LogP) is 5.50. The first-order valence-electron chi connectivity index (χ1n) is 11.0. The Morgan fingerprint density at radius 3 is 2.41 bits per heavy atom. The number of hydrogen-bond donors (Lipinski definition) is 0. The van der Waals surface area contributed by atoms with Crippen LogP contribution in [0.3, 0.4) is 0 Å². The molecule has 0 aliphatic heterocycles. The zero-order valence-corrected chi connectivity index (χ0v) is 20.6. The number of carbonyl (C=O) groups excluding carboxylic acids is 1. The van der Waals surface area contributed by atoms with E-state index in [4.69, 9.17) is 13.9 Å². The van der Waals surface area contributed by atoms with E-state index in [1.165, 1.54) is 0 Å². The van der Waals surface area contributed by atoms with Crippen molar-refractivity contribution in [2.45, 2.75) is 83.4 Å². The molecule has 0 amide bonds. The molecule has 164 valence electrons. The Kier molecular flexibility index (Phi) is 5.65. The van der Waals surface area contributed by atoms with Crippen molar-refractivity contribution in [3.63, 3.8) is 0 Å². The number of ketones is 1. The maximum Gasteiger partial charge on any atom is 0.202 e. The largest absolute Gasteiger partial charge is 0.408 e. The van der Waals surface area contributed by atoms with Crippen molar-refractivity contribution >= 4 is 14.1 Å². The Labute approximate surface area is 178 Å². The summed E-state index contributed by atoms with van der Waals surface area (Å²) in [5.41, 5.74) is -0.844. The smallest absolute Gasteiger partial charge is 0.202 e. The van der Waals surface area contributed by atoms with Gasteiger partial charge < -0.3 is 13.9 Å². The van der Waals surface area contributed by atoms with Crippen LogP contribution in [0, 0.1) is 22.7 Å². The van der Waals surface area contributed by atoms with E-state index < -0.39 is 19.5 Å². The van der Waals surface area contributed by atoms with E-state index >= 15 is 0 Å². The van der Waals surface area contributed by atoms with Gasteiger partial charge in [-0.25, -0.2) is 0 Å². The molecule has 4 aliphatic carbocycles. The van der Waals surface area contributed by atoms with E-state index in [0.717, 1.165) is 19.3 Å². The number of methoxy groups -OCH3 is 2. The maximum atomic E-state index is 13.0. The minimum absolute atomic E-state index is 0.101. The quantitative estimate of drug-likeness (QED) is 0.323. The number of hydrogen-bond acceptors (Lipinski definition) is 4. The number of allylic oxidation sites excluding steroid dienone is 2. The second-order valence-corrected chi connectivity index (χ2v) is 15.9. The summed E-state index contributed by atoms with van der Waals surface area (Å²) in [6, 6.07) is 0. The van der Waals surface area contributed by atoms with Crippen LogP contribution in [0.1, 0.15) is 53.4 Å². The van der Waals surface area contributed by atoms with Gasteiger partial charge in [0.15, 0.2) is 14.1 Å². The molecule has 1 unspecified atom stereocenters. The first-order chi connectivity index (χ1) is 13.3. The molecule has 2 bridgehead atoms. The van der Waals surface area contributed by atoms with Crippen LogP contribution in [-0.2, 0) is 18.7 Å². The highest BCUT2D eigenvalue weighted by molar-refractivity contribution is 6.74. The van der Waals surface area contributed by atoms with Gasteiger partial charge in [0.05, 0.1) is 0 Å². The number of carbonyl (C=O) groups is 1. The molecule has 0 aromatic carbocycles. The first kappa shape index (κ1) is 22.9. The van der Waals surface area contributed by atoms with Crippen molar-refractivity contribution in [1.29, 1.82) is 0 Å². The molecule has 5 heteroatoms. The lowest BCUT2D eigenvalue weighted by atomic mass is 9.42. The monoisotopic (exact) mass is 420 g/mol. The number of fused-ring (bicyclic) bond motifs is 2. The number of ether oxygens (including phenoxy) is 2. The van der Waals surface area contributed by atoms with Crippen LogP contribution >= 0.6 is 0 Å². The Hall–Kier alpha value is -0.753. The Bertz CT molecular complexity index is 702. The summed E-state index contributed by atoms with van der Waals surface area (Å²) in [5, 5.41) is 0.101. The fraction of sp³-hybridized carbons (Fsp3) is 0.792. The van der Waals surface area contributed by atoms with Crippen LogP contribution < -0.4 is 0 Å². The third-order valence-electron chi connectivity index (χ3n) is 8.81. The average Bonchev–Trinajstić information content (AvgIpc) is 2.65. The molecule has 0 aromatic rings. The van der Waals surface area contributed by atoms with Gasteiger partial charge in [0.25, 0.3) is 0 Å². The molecule has 3 fully saturated rings. The van der Waals surface area contributed by atoms with Gasteiger partial charge in [-0.05, 0) is 61.7 Å². The fourth-order valence-electron chi connectivity index (χ4n) is 6.13. The molecule has 29 heavy (non-hydrogen) atoms. The molecule has 3 saturated carbocycles. The zero-order chi connectivity index (χ0) is 21.9. The van der Waals surface area contributed by atoms with Crippen LogP contribution in [0.15, 0.2) is 24.8 Å². The molecule has 0 heterocycles. The second-order valence-electron chi connectivity index (χ2n) is 11.1. The van der Waals surface area contributed by atoms with Crippen LogP contribution in [0.5, 0.6) is 0 Å². The summed E-state index contributed by atoms with van der Waals surface area (Å²) in [5.74, 6) is -0.208. The van der Waals surface area contributed by atoms with E-state index in [2.05, 4.69) is 53.4 Å². The SMILES string of the molecule is C=CC[C@]1(C)C(=O)C=C[C@@]23CC[C@@H](CC12)[C@@H](O[Si](C)(C)C(C)(C)C)C3(OC)OC.